The molecule has 10 nitrogen and oxygen atoms in total. The number of aliphatic hydroxyl groups excluding tert-OH is 1. The third kappa shape index (κ3) is 6.89. The van der Waals surface area contributed by atoms with Crippen molar-refractivity contribution >= 4 is 33.3 Å². The largest absolute Gasteiger partial charge is 0.486 e. The fourth-order valence-electron chi connectivity index (χ4n) is 4.62. The summed E-state index contributed by atoms with van der Waals surface area (Å²) in [6, 6.07) is 15.3. The van der Waals surface area contributed by atoms with Gasteiger partial charge >= 0.3 is 6.03 Å². The van der Waals surface area contributed by atoms with Crippen molar-refractivity contribution in [3.05, 3.63) is 83.7 Å². The number of sulfonamides is 1. The van der Waals surface area contributed by atoms with E-state index >= 15 is 0 Å². The zero-order chi connectivity index (χ0) is 30.6. The molecule has 0 radical (unpaired) electrons. The quantitative estimate of drug-likeness (QED) is 0.354. The number of nitrogens with zero attached hydrogens (tertiary/aromatic N) is 2. The van der Waals surface area contributed by atoms with Crippen molar-refractivity contribution in [2.75, 3.05) is 37.4 Å². The maximum atomic E-state index is 13.7. The second-order valence-electron chi connectivity index (χ2n) is 10.5. The Labute approximate surface area is 245 Å². The first-order valence-electron chi connectivity index (χ1n) is 13.5. The van der Waals surface area contributed by atoms with Gasteiger partial charge < -0.3 is 25.4 Å². The molecule has 0 fully saturated rings. The molecule has 4 rings (SSSR count). The predicted molar refractivity (Wildman–Crippen MR) is 158 cm³/mol. The summed E-state index contributed by atoms with van der Waals surface area (Å²) in [7, 11) is -2.40. The van der Waals surface area contributed by atoms with Crippen molar-refractivity contribution in [2.45, 2.75) is 37.8 Å². The third-order valence-corrected chi connectivity index (χ3v) is 9.05. The van der Waals surface area contributed by atoms with Crippen LogP contribution in [0.3, 0.4) is 0 Å². The highest BCUT2D eigenvalue weighted by atomic mass is 32.2. The molecule has 3 atom stereocenters. The Kier molecular flexibility index (Phi) is 9.50. The minimum atomic E-state index is -3.86. The van der Waals surface area contributed by atoms with Crippen LogP contribution in [0.1, 0.15) is 29.8 Å². The van der Waals surface area contributed by atoms with Crippen LogP contribution in [0.25, 0.3) is 0 Å². The lowest BCUT2D eigenvalue weighted by Crippen LogP contribution is -2.50. The summed E-state index contributed by atoms with van der Waals surface area (Å²) in [4.78, 5) is 28.2. The van der Waals surface area contributed by atoms with E-state index in [4.69, 9.17) is 4.74 Å². The molecule has 0 bridgehead atoms. The molecule has 3 aromatic carbocycles. The van der Waals surface area contributed by atoms with Crippen LogP contribution in [0.2, 0.25) is 0 Å². The SMILES string of the molecule is Cc1ccc(S(=O)(=O)N(C)C[C@H]2Oc3c(NC(=O)Nc4ccc(F)cc4)cccc3C(=O)N([C@H](C)CO)C[C@@H]2C)cc1. The number of fused-ring (bicyclic) bond motifs is 1. The molecule has 1 aliphatic rings. The number of para-hydroxylation sites is 1. The van der Waals surface area contributed by atoms with Crippen LogP contribution in [0.5, 0.6) is 5.75 Å². The highest BCUT2D eigenvalue weighted by molar-refractivity contribution is 7.89. The van der Waals surface area contributed by atoms with Crippen LogP contribution < -0.4 is 15.4 Å². The standard InChI is InChI=1S/C30H35FN4O6S/c1-19-8-14-24(15-9-19)42(39,40)34(4)17-27-20(2)16-35(21(3)18-36)29(37)25-6-5-7-26(28(25)41-27)33-30(38)32-23-12-10-22(31)11-13-23/h5-15,20-21,27,36H,16-18H2,1-4H3,(H2,32,33,38)/t20-,21+,27+/m0/s1. The van der Waals surface area contributed by atoms with Crippen molar-refractivity contribution in [1.82, 2.24) is 9.21 Å². The Morgan fingerprint density at radius 3 is 2.43 bits per heavy atom. The van der Waals surface area contributed by atoms with E-state index in [9.17, 15) is 27.5 Å². The molecule has 0 saturated heterocycles. The first-order chi connectivity index (χ1) is 19.9. The zero-order valence-electron chi connectivity index (χ0n) is 23.9. The number of urea groups is 1. The highest BCUT2D eigenvalue weighted by Crippen LogP contribution is 2.35. The molecule has 3 amide bonds. The first kappa shape index (κ1) is 30.9. The number of carbonyl (C=O) groups excluding carboxylic acids is 2. The summed E-state index contributed by atoms with van der Waals surface area (Å²) < 4.78 is 47.7. The topological polar surface area (TPSA) is 128 Å². The molecular formula is C30H35FN4O6S. The number of anilines is 2. The number of aryl methyl sites for hydroxylation is 1. The van der Waals surface area contributed by atoms with Crippen molar-refractivity contribution in [2.24, 2.45) is 5.92 Å². The summed E-state index contributed by atoms with van der Waals surface area (Å²) in [5.41, 5.74) is 1.61. The number of likely N-dealkylation sites (N-methyl/N-ethyl adjacent to an activating group) is 1. The molecule has 3 aromatic rings. The molecule has 0 aromatic heterocycles. The van der Waals surface area contributed by atoms with Crippen LogP contribution in [0, 0.1) is 18.7 Å². The van der Waals surface area contributed by atoms with E-state index in [1.165, 1.54) is 40.5 Å². The van der Waals surface area contributed by atoms with Crippen molar-refractivity contribution in [3.8, 4) is 5.75 Å². The molecule has 12 heteroatoms. The van der Waals surface area contributed by atoms with Crippen molar-refractivity contribution in [3.63, 3.8) is 0 Å². The number of aliphatic hydroxyl groups is 1. The number of hydrogen-bond donors (Lipinski definition) is 3. The average molecular weight is 599 g/mol. The number of ether oxygens (including phenoxy) is 1. The number of rotatable bonds is 8. The van der Waals surface area contributed by atoms with Gasteiger partial charge in [0.1, 0.15) is 11.9 Å². The number of carbonyl (C=O) groups is 2. The Bertz CT molecular complexity index is 1530. The molecule has 0 aliphatic carbocycles. The minimum Gasteiger partial charge on any atom is -0.486 e. The summed E-state index contributed by atoms with van der Waals surface area (Å²) in [5.74, 6) is -1.15. The smallest absolute Gasteiger partial charge is 0.323 e. The summed E-state index contributed by atoms with van der Waals surface area (Å²) in [6.07, 6.45) is -0.737. The molecule has 0 unspecified atom stereocenters. The van der Waals surface area contributed by atoms with Gasteiger partial charge in [0.2, 0.25) is 10.0 Å². The molecule has 0 saturated carbocycles. The lowest BCUT2D eigenvalue weighted by atomic mass is 9.99. The first-order valence-corrected chi connectivity index (χ1v) is 14.9. The summed E-state index contributed by atoms with van der Waals surface area (Å²) >= 11 is 0. The molecule has 1 heterocycles. The van der Waals surface area contributed by atoms with Crippen LogP contribution >= 0.6 is 0 Å². The normalized spacial score (nSPS) is 18.0. The molecule has 224 valence electrons. The summed E-state index contributed by atoms with van der Waals surface area (Å²) in [6.45, 7) is 5.29. The lowest BCUT2D eigenvalue weighted by molar-refractivity contribution is 0.0389. The maximum Gasteiger partial charge on any atom is 0.323 e. The highest BCUT2D eigenvalue weighted by Gasteiger charge is 2.36. The molecule has 0 spiro atoms. The average Bonchev–Trinajstić information content (AvgIpc) is 2.96. The van der Waals surface area contributed by atoms with E-state index < -0.39 is 39.9 Å². The van der Waals surface area contributed by atoms with Gasteiger partial charge in [-0.1, -0.05) is 30.7 Å². The van der Waals surface area contributed by atoms with E-state index in [1.807, 2.05) is 13.8 Å². The van der Waals surface area contributed by atoms with Crippen LogP contribution in [0.4, 0.5) is 20.6 Å². The maximum absolute atomic E-state index is 13.7. The zero-order valence-corrected chi connectivity index (χ0v) is 24.7. The Morgan fingerprint density at radius 2 is 1.79 bits per heavy atom. The van der Waals surface area contributed by atoms with Gasteiger partial charge in [-0.3, -0.25) is 4.79 Å². The van der Waals surface area contributed by atoms with E-state index in [0.29, 0.717) is 5.69 Å². The second-order valence-corrected chi connectivity index (χ2v) is 12.5. The van der Waals surface area contributed by atoms with Crippen LogP contribution in [0.15, 0.2) is 71.6 Å². The van der Waals surface area contributed by atoms with Gasteiger partial charge in [0.05, 0.1) is 35.3 Å². The van der Waals surface area contributed by atoms with E-state index in [0.717, 1.165) is 5.56 Å². The number of halogens is 1. The van der Waals surface area contributed by atoms with Gasteiger partial charge in [0, 0.05) is 25.2 Å². The van der Waals surface area contributed by atoms with Gasteiger partial charge in [-0.25, -0.2) is 17.6 Å². The van der Waals surface area contributed by atoms with Gasteiger partial charge in [-0.2, -0.15) is 4.31 Å². The molecule has 1 aliphatic heterocycles. The Balaban J connectivity index is 1.68. The third-order valence-electron chi connectivity index (χ3n) is 7.21. The minimum absolute atomic E-state index is 0.0531. The monoisotopic (exact) mass is 598 g/mol. The van der Waals surface area contributed by atoms with Gasteiger partial charge in [0.15, 0.2) is 5.75 Å². The second kappa shape index (κ2) is 12.9. The lowest BCUT2D eigenvalue weighted by Gasteiger charge is -2.38. The van der Waals surface area contributed by atoms with Gasteiger partial charge in [0.25, 0.3) is 5.91 Å². The summed E-state index contributed by atoms with van der Waals surface area (Å²) in [5, 5.41) is 15.2. The fraction of sp³-hybridized carbons (Fsp3) is 0.333. The van der Waals surface area contributed by atoms with Crippen LogP contribution in [-0.4, -0.2) is 73.6 Å². The van der Waals surface area contributed by atoms with E-state index in [-0.39, 0.29) is 47.5 Å². The predicted octanol–water partition coefficient (Wildman–Crippen LogP) is 4.32. The molecule has 3 N–H and O–H groups in total. The fourth-order valence-corrected chi connectivity index (χ4v) is 5.80. The number of benzene rings is 3. The van der Waals surface area contributed by atoms with Gasteiger partial charge in [-0.05, 0) is 62.4 Å². The van der Waals surface area contributed by atoms with Crippen molar-refractivity contribution < 1.29 is 32.2 Å². The number of hydrogen-bond acceptors (Lipinski definition) is 6. The molecule has 42 heavy (non-hydrogen) atoms. The van der Waals surface area contributed by atoms with E-state index in [2.05, 4.69) is 10.6 Å². The Morgan fingerprint density at radius 1 is 1.12 bits per heavy atom. The molecular weight excluding hydrogens is 563 g/mol. The Hall–Kier alpha value is -4.00. The number of amides is 3. The van der Waals surface area contributed by atoms with E-state index in [1.54, 1.807) is 49.4 Å². The van der Waals surface area contributed by atoms with Gasteiger partial charge in [-0.15, -0.1) is 0 Å². The van der Waals surface area contributed by atoms with Crippen LogP contribution in [-0.2, 0) is 10.0 Å². The van der Waals surface area contributed by atoms with Crippen molar-refractivity contribution in [1.29, 1.82) is 0 Å². The number of nitrogens with one attached hydrogen (secondary N) is 2.